The molecular formula is C12H11IN2O2. The molecule has 5 heteroatoms. The summed E-state index contributed by atoms with van der Waals surface area (Å²) in [4.78, 5) is 11.8. The average molecular weight is 342 g/mol. The van der Waals surface area contributed by atoms with Gasteiger partial charge in [0.25, 0.3) is 5.91 Å². The van der Waals surface area contributed by atoms with Gasteiger partial charge in [-0.25, -0.2) is 0 Å². The molecule has 2 aromatic rings. The number of rotatable bonds is 3. The van der Waals surface area contributed by atoms with Crippen molar-refractivity contribution in [3.05, 3.63) is 51.5 Å². The molecule has 0 unspecified atom stereocenters. The Morgan fingerprint density at radius 3 is 2.53 bits per heavy atom. The summed E-state index contributed by atoms with van der Waals surface area (Å²) >= 11 is 2.20. The highest BCUT2D eigenvalue weighted by Gasteiger charge is 2.10. The number of anilines is 1. The highest BCUT2D eigenvalue weighted by atomic mass is 127. The first-order chi connectivity index (χ1) is 8.19. The zero-order valence-corrected chi connectivity index (χ0v) is 11.1. The summed E-state index contributed by atoms with van der Waals surface area (Å²) in [7, 11) is 0. The van der Waals surface area contributed by atoms with Crippen molar-refractivity contribution in [2.45, 2.75) is 6.54 Å². The summed E-state index contributed by atoms with van der Waals surface area (Å²) in [5.41, 5.74) is 6.14. The number of nitrogens with one attached hydrogen (secondary N) is 1. The molecule has 1 aromatic carbocycles. The molecule has 1 heterocycles. The van der Waals surface area contributed by atoms with Crippen LogP contribution in [0.3, 0.4) is 0 Å². The lowest BCUT2D eigenvalue weighted by Crippen LogP contribution is -2.10. The molecule has 0 fully saturated rings. The molecule has 1 aromatic heterocycles. The third-order valence-corrected chi connectivity index (χ3v) is 2.91. The maximum absolute atomic E-state index is 11.8. The first-order valence-corrected chi connectivity index (χ1v) is 6.12. The number of hydrogen-bond donors (Lipinski definition) is 2. The van der Waals surface area contributed by atoms with Gasteiger partial charge in [-0.15, -0.1) is 0 Å². The van der Waals surface area contributed by atoms with Crippen molar-refractivity contribution in [3.8, 4) is 0 Å². The largest absolute Gasteiger partial charge is 0.455 e. The zero-order valence-electron chi connectivity index (χ0n) is 8.94. The van der Waals surface area contributed by atoms with Gasteiger partial charge in [-0.1, -0.05) is 0 Å². The Kier molecular flexibility index (Phi) is 3.80. The first kappa shape index (κ1) is 12.1. The van der Waals surface area contributed by atoms with E-state index in [0.717, 1.165) is 9.26 Å². The van der Waals surface area contributed by atoms with Gasteiger partial charge in [0.2, 0.25) is 0 Å². The van der Waals surface area contributed by atoms with Crippen LogP contribution in [0, 0.1) is 3.57 Å². The van der Waals surface area contributed by atoms with Crippen LogP contribution in [0.1, 0.15) is 16.3 Å². The molecule has 0 spiro atoms. The fourth-order valence-electron chi connectivity index (χ4n) is 1.34. The van der Waals surface area contributed by atoms with E-state index in [1.165, 1.54) is 0 Å². The van der Waals surface area contributed by atoms with E-state index in [2.05, 4.69) is 27.9 Å². The lowest BCUT2D eigenvalue weighted by Gasteiger charge is -2.02. The number of nitrogens with two attached hydrogens (primary N) is 1. The first-order valence-electron chi connectivity index (χ1n) is 5.05. The minimum Gasteiger partial charge on any atom is -0.455 e. The lowest BCUT2D eigenvalue weighted by molar-refractivity contribution is 0.0995. The second-order valence-corrected chi connectivity index (χ2v) is 4.68. The number of benzene rings is 1. The van der Waals surface area contributed by atoms with Crippen LogP contribution in [0.5, 0.6) is 0 Å². The summed E-state index contributed by atoms with van der Waals surface area (Å²) in [6, 6.07) is 10.8. The topological polar surface area (TPSA) is 68.3 Å². The van der Waals surface area contributed by atoms with E-state index in [4.69, 9.17) is 10.2 Å². The second-order valence-electron chi connectivity index (χ2n) is 3.43. The fourth-order valence-corrected chi connectivity index (χ4v) is 1.70. The maximum Gasteiger partial charge on any atom is 0.291 e. The van der Waals surface area contributed by atoms with E-state index in [1.54, 1.807) is 12.1 Å². The van der Waals surface area contributed by atoms with Crippen LogP contribution >= 0.6 is 22.6 Å². The Labute approximate surface area is 112 Å². The number of hydrogen-bond acceptors (Lipinski definition) is 3. The van der Waals surface area contributed by atoms with Crippen LogP contribution in [-0.2, 0) is 6.54 Å². The minimum absolute atomic E-state index is 0.268. The van der Waals surface area contributed by atoms with Crippen LogP contribution in [0.25, 0.3) is 0 Å². The van der Waals surface area contributed by atoms with Gasteiger partial charge in [-0.3, -0.25) is 4.79 Å². The average Bonchev–Trinajstić information content (AvgIpc) is 2.81. The molecule has 4 nitrogen and oxygen atoms in total. The summed E-state index contributed by atoms with van der Waals surface area (Å²) < 4.78 is 6.37. The van der Waals surface area contributed by atoms with Crippen LogP contribution in [0.4, 0.5) is 5.69 Å². The van der Waals surface area contributed by atoms with Gasteiger partial charge < -0.3 is 15.5 Å². The van der Waals surface area contributed by atoms with Gasteiger partial charge in [-0.05, 0) is 59.0 Å². The van der Waals surface area contributed by atoms with Crippen LogP contribution in [-0.4, -0.2) is 5.91 Å². The minimum atomic E-state index is -0.272. The smallest absolute Gasteiger partial charge is 0.291 e. The molecule has 0 saturated carbocycles. The van der Waals surface area contributed by atoms with E-state index in [-0.39, 0.29) is 18.2 Å². The molecule has 0 aliphatic rings. The van der Waals surface area contributed by atoms with Gasteiger partial charge in [0.1, 0.15) is 5.76 Å². The van der Waals surface area contributed by atoms with Crippen molar-refractivity contribution >= 4 is 34.2 Å². The summed E-state index contributed by atoms with van der Waals surface area (Å²) in [5.74, 6) is 0.590. The van der Waals surface area contributed by atoms with Crippen molar-refractivity contribution in [1.82, 2.24) is 0 Å². The Hall–Kier alpha value is -1.34. The Morgan fingerprint density at radius 2 is 1.94 bits per heavy atom. The highest BCUT2D eigenvalue weighted by Crippen LogP contribution is 2.14. The maximum atomic E-state index is 11.8. The number of carbonyl (C=O) groups is 1. The van der Waals surface area contributed by atoms with Gasteiger partial charge >= 0.3 is 0 Å². The third kappa shape index (κ3) is 3.07. The quantitative estimate of drug-likeness (QED) is 0.843. The van der Waals surface area contributed by atoms with Gasteiger partial charge in [0.05, 0.1) is 6.54 Å². The predicted molar refractivity (Wildman–Crippen MR) is 73.7 cm³/mol. The van der Waals surface area contributed by atoms with Gasteiger partial charge in [0.15, 0.2) is 5.76 Å². The molecule has 0 saturated heterocycles. The predicted octanol–water partition coefficient (Wildman–Crippen LogP) is 2.60. The van der Waals surface area contributed by atoms with E-state index in [1.807, 2.05) is 24.3 Å². The molecule has 0 bridgehead atoms. The van der Waals surface area contributed by atoms with Crippen molar-refractivity contribution < 1.29 is 9.21 Å². The SMILES string of the molecule is NCc1ccc(C(=O)Nc2ccc(I)cc2)o1. The number of amides is 1. The number of halogens is 1. The van der Waals surface area contributed by atoms with E-state index in [9.17, 15) is 4.79 Å². The van der Waals surface area contributed by atoms with Crippen molar-refractivity contribution in [3.63, 3.8) is 0 Å². The standard InChI is InChI=1S/C12H11IN2O2/c13-8-1-3-9(4-2-8)15-12(16)11-6-5-10(7-14)17-11/h1-6H,7,14H2,(H,15,16). The summed E-state index contributed by atoms with van der Waals surface area (Å²) in [6.45, 7) is 0.289. The zero-order chi connectivity index (χ0) is 12.3. The number of carbonyl (C=O) groups excluding carboxylic acids is 1. The molecule has 1 amide bonds. The van der Waals surface area contributed by atoms with Crippen LogP contribution < -0.4 is 11.1 Å². The van der Waals surface area contributed by atoms with E-state index in [0.29, 0.717) is 5.76 Å². The molecule has 0 aliphatic carbocycles. The van der Waals surface area contributed by atoms with Crippen molar-refractivity contribution in [2.24, 2.45) is 5.73 Å². The Balaban J connectivity index is 2.08. The Bertz CT molecular complexity index is 520. The normalized spacial score (nSPS) is 10.2. The monoisotopic (exact) mass is 342 g/mol. The van der Waals surface area contributed by atoms with Crippen LogP contribution in [0.2, 0.25) is 0 Å². The third-order valence-electron chi connectivity index (χ3n) is 2.19. The molecular weight excluding hydrogens is 331 g/mol. The summed E-state index contributed by atoms with van der Waals surface area (Å²) in [6.07, 6.45) is 0. The van der Waals surface area contributed by atoms with Gasteiger partial charge in [0, 0.05) is 9.26 Å². The lowest BCUT2D eigenvalue weighted by atomic mass is 10.3. The molecule has 17 heavy (non-hydrogen) atoms. The van der Waals surface area contributed by atoms with E-state index >= 15 is 0 Å². The summed E-state index contributed by atoms with van der Waals surface area (Å²) in [5, 5.41) is 2.75. The molecule has 0 radical (unpaired) electrons. The fraction of sp³-hybridized carbons (Fsp3) is 0.0833. The molecule has 0 aliphatic heterocycles. The highest BCUT2D eigenvalue weighted by molar-refractivity contribution is 14.1. The molecule has 2 rings (SSSR count). The van der Waals surface area contributed by atoms with Gasteiger partial charge in [-0.2, -0.15) is 0 Å². The van der Waals surface area contributed by atoms with Crippen LogP contribution in [0.15, 0.2) is 40.8 Å². The van der Waals surface area contributed by atoms with Crippen molar-refractivity contribution in [1.29, 1.82) is 0 Å². The Morgan fingerprint density at radius 1 is 1.24 bits per heavy atom. The van der Waals surface area contributed by atoms with E-state index < -0.39 is 0 Å². The number of furan rings is 1. The molecule has 0 atom stereocenters. The second kappa shape index (κ2) is 5.33. The van der Waals surface area contributed by atoms with Crippen molar-refractivity contribution in [2.75, 3.05) is 5.32 Å². The molecule has 88 valence electrons. The molecule has 3 N–H and O–H groups in total.